The van der Waals surface area contributed by atoms with E-state index in [1.165, 1.54) is 16.6 Å². The number of nitrogens with zero attached hydrogens (tertiary/aromatic N) is 3. The van der Waals surface area contributed by atoms with Crippen LogP contribution >= 0.6 is 11.3 Å². The lowest BCUT2D eigenvalue weighted by molar-refractivity contribution is -0.130. The number of hydrogen-bond donors (Lipinski definition) is 0. The topological polar surface area (TPSA) is 101 Å². The van der Waals surface area contributed by atoms with Crippen molar-refractivity contribution in [3.05, 3.63) is 90.0 Å². The summed E-state index contributed by atoms with van der Waals surface area (Å²) in [6, 6.07) is 25.2. The lowest BCUT2D eigenvalue weighted by Gasteiger charge is -2.22. The molecule has 6 rings (SSSR count). The highest BCUT2D eigenvalue weighted by Crippen LogP contribution is 2.42. The Hall–Kier alpha value is -5.29. The fourth-order valence-corrected chi connectivity index (χ4v) is 6.59. The molecule has 0 saturated heterocycles. The number of hydrazone groups is 1. The number of thiazole rings is 1. The molecular formula is C37H37N3O7S. The molecule has 1 aliphatic rings. The molecule has 1 aromatic heterocycles. The van der Waals surface area contributed by atoms with Gasteiger partial charge in [-0.1, -0.05) is 18.2 Å². The summed E-state index contributed by atoms with van der Waals surface area (Å²) in [5, 5.41) is 7.19. The Morgan fingerprint density at radius 2 is 1.50 bits per heavy atom. The predicted molar refractivity (Wildman–Crippen MR) is 186 cm³/mol. The molecule has 11 heteroatoms. The summed E-state index contributed by atoms with van der Waals surface area (Å²) in [4.78, 5) is 17.5. The van der Waals surface area contributed by atoms with Crippen molar-refractivity contribution in [2.24, 2.45) is 5.10 Å². The third-order valence-electron chi connectivity index (χ3n) is 8.01. The van der Waals surface area contributed by atoms with Crippen LogP contribution < -0.4 is 28.4 Å². The quantitative estimate of drug-likeness (QED) is 0.119. The third kappa shape index (κ3) is 6.86. The molecule has 0 N–H and O–H groups in total. The first-order valence-electron chi connectivity index (χ1n) is 15.5. The monoisotopic (exact) mass is 667 g/mol. The van der Waals surface area contributed by atoms with E-state index in [1.54, 1.807) is 39.8 Å². The van der Waals surface area contributed by atoms with Crippen LogP contribution in [0.5, 0.6) is 34.5 Å². The van der Waals surface area contributed by atoms with E-state index in [4.69, 9.17) is 38.5 Å². The zero-order chi connectivity index (χ0) is 33.6. The average molecular weight is 668 g/mol. The summed E-state index contributed by atoms with van der Waals surface area (Å²) in [6.07, 6.45) is 1.14. The highest BCUT2D eigenvalue weighted by molar-refractivity contribution is 7.21. The zero-order valence-corrected chi connectivity index (χ0v) is 28.3. The van der Waals surface area contributed by atoms with Crippen molar-refractivity contribution < 1.29 is 33.2 Å². The van der Waals surface area contributed by atoms with E-state index < -0.39 is 0 Å². The van der Waals surface area contributed by atoms with Gasteiger partial charge in [0.05, 0.1) is 63.6 Å². The second kappa shape index (κ2) is 14.6. The molecule has 1 atom stereocenters. The maximum atomic E-state index is 12.7. The molecule has 48 heavy (non-hydrogen) atoms. The van der Waals surface area contributed by atoms with Crippen LogP contribution in [0.2, 0.25) is 0 Å². The van der Waals surface area contributed by atoms with Crippen LogP contribution in [-0.4, -0.2) is 63.3 Å². The van der Waals surface area contributed by atoms with Crippen molar-refractivity contribution in [3.8, 4) is 45.1 Å². The van der Waals surface area contributed by atoms with Crippen molar-refractivity contribution in [2.45, 2.75) is 25.8 Å². The minimum atomic E-state index is -0.334. The van der Waals surface area contributed by atoms with Gasteiger partial charge in [0.2, 0.25) is 11.7 Å². The van der Waals surface area contributed by atoms with Crippen molar-refractivity contribution in [1.29, 1.82) is 0 Å². The molecule has 0 saturated carbocycles. The van der Waals surface area contributed by atoms with Crippen LogP contribution in [0.25, 0.3) is 20.8 Å². The summed E-state index contributed by atoms with van der Waals surface area (Å²) in [6.45, 7) is 2.40. The van der Waals surface area contributed by atoms with Gasteiger partial charge in [-0.05, 0) is 66.2 Å². The van der Waals surface area contributed by atoms with Gasteiger partial charge in [0.25, 0.3) is 0 Å². The fourth-order valence-electron chi connectivity index (χ4n) is 5.62. The Labute approximate surface area is 283 Å². The molecule has 0 aliphatic carbocycles. The molecule has 0 radical (unpaired) electrons. The smallest absolute Gasteiger partial charge is 0.240 e. The predicted octanol–water partition coefficient (Wildman–Crippen LogP) is 7.54. The van der Waals surface area contributed by atoms with Gasteiger partial charge < -0.3 is 28.4 Å². The Balaban J connectivity index is 1.09. The van der Waals surface area contributed by atoms with Gasteiger partial charge in [0.15, 0.2) is 23.0 Å². The molecule has 4 aromatic carbocycles. The van der Waals surface area contributed by atoms with Crippen LogP contribution in [0.15, 0.2) is 84.0 Å². The van der Waals surface area contributed by atoms with Crippen LogP contribution in [0.4, 0.5) is 0 Å². The van der Waals surface area contributed by atoms with Crippen molar-refractivity contribution in [2.75, 3.05) is 41.7 Å². The summed E-state index contributed by atoms with van der Waals surface area (Å²) in [5.41, 5.74) is 4.43. The van der Waals surface area contributed by atoms with E-state index in [-0.39, 0.29) is 11.9 Å². The van der Waals surface area contributed by atoms with Crippen molar-refractivity contribution >= 4 is 33.2 Å². The van der Waals surface area contributed by atoms with Crippen LogP contribution in [0.3, 0.4) is 0 Å². The molecule has 10 nitrogen and oxygen atoms in total. The largest absolute Gasteiger partial charge is 0.493 e. The minimum Gasteiger partial charge on any atom is -0.493 e. The first kappa shape index (κ1) is 32.6. The van der Waals surface area contributed by atoms with Gasteiger partial charge in [0, 0.05) is 30.9 Å². The molecule has 248 valence electrons. The molecule has 1 unspecified atom stereocenters. The number of carbonyl (C=O) groups is 1. The average Bonchev–Trinajstić information content (AvgIpc) is 3.77. The highest BCUT2D eigenvalue weighted by Gasteiger charge is 2.33. The summed E-state index contributed by atoms with van der Waals surface area (Å²) < 4.78 is 35.4. The van der Waals surface area contributed by atoms with E-state index in [1.807, 2.05) is 72.8 Å². The molecule has 0 spiro atoms. The summed E-state index contributed by atoms with van der Waals surface area (Å²) >= 11 is 1.68. The maximum Gasteiger partial charge on any atom is 0.240 e. The van der Waals surface area contributed by atoms with Gasteiger partial charge in [-0.15, -0.1) is 11.3 Å². The second-order valence-electron chi connectivity index (χ2n) is 11.0. The van der Waals surface area contributed by atoms with Gasteiger partial charge in [-0.2, -0.15) is 5.10 Å². The Morgan fingerprint density at radius 1 is 0.792 bits per heavy atom. The fraction of sp³-hybridized carbons (Fsp3) is 0.270. The number of rotatable bonds is 13. The Bertz CT molecular complexity index is 1880. The lowest BCUT2D eigenvalue weighted by atomic mass is 9.97. The molecule has 1 amide bonds. The molecule has 2 heterocycles. The van der Waals surface area contributed by atoms with E-state index in [9.17, 15) is 4.79 Å². The zero-order valence-electron chi connectivity index (χ0n) is 27.5. The van der Waals surface area contributed by atoms with E-state index in [0.29, 0.717) is 54.8 Å². The van der Waals surface area contributed by atoms with Gasteiger partial charge in [0.1, 0.15) is 10.8 Å². The number of benzene rings is 4. The standard InChI is InChI=1S/C37H37N3O7S/c1-23(41)40-30(22-29(39-40)26-20-33(43-3)36(45-5)34(21-26)44-4)25-13-16-31(42-2)32(19-25)47-18-8-17-46-27-14-11-24(12-15-27)37-38-28-9-6-7-10-35(28)48-37/h6-7,9-16,19-21,30H,8,17-18,22H2,1-5H3. The van der Waals surface area contributed by atoms with Gasteiger partial charge >= 0.3 is 0 Å². The van der Waals surface area contributed by atoms with Crippen LogP contribution in [-0.2, 0) is 4.79 Å². The first-order valence-corrected chi connectivity index (χ1v) is 16.3. The number of amides is 1. The van der Waals surface area contributed by atoms with Crippen LogP contribution in [0.1, 0.15) is 36.9 Å². The number of ether oxygens (including phenoxy) is 6. The molecule has 1 aliphatic heterocycles. The van der Waals surface area contributed by atoms with Gasteiger partial charge in [-0.25, -0.2) is 9.99 Å². The second-order valence-corrected chi connectivity index (χ2v) is 12.0. The normalized spacial score (nSPS) is 14.1. The van der Waals surface area contributed by atoms with Crippen LogP contribution in [0, 0.1) is 0 Å². The number of methoxy groups -OCH3 is 4. The highest BCUT2D eigenvalue weighted by atomic mass is 32.1. The molecule has 0 fully saturated rings. The number of para-hydroxylation sites is 1. The summed E-state index contributed by atoms with van der Waals surface area (Å²) in [7, 11) is 6.29. The van der Waals surface area contributed by atoms with Crippen molar-refractivity contribution in [3.63, 3.8) is 0 Å². The first-order chi connectivity index (χ1) is 23.4. The number of fused-ring (bicyclic) bond motifs is 1. The Kier molecular flexibility index (Phi) is 9.96. The SMILES string of the molecule is COc1ccc(C2CC(c3cc(OC)c(OC)c(OC)c3)=NN2C(C)=O)cc1OCCCOc1ccc(-c2nc3ccccc3s2)cc1. The van der Waals surface area contributed by atoms with Crippen molar-refractivity contribution in [1.82, 2.24) is 9.99 Å². The summed E-state index contributed by atoms with van der Waals surface area (Å²) in [5.74, 6) is 3.31. The van der Waals surface area contributed by atoms with Gasteiger partial charge in [-0.3, -0.25) is 4.79 Å². The number of aromatic nitrogens is 1. The van der Waals surface area contributed by atoms with E-state index >= 15 is 0 Å². The maximum absolute atomic E-state index is 12.7. The third-order valence-corrected chi connectivity index (χ3v) is 9.10. The van der Waals surface area contributed by atoms with E-state index in [0.717, 1.165) is 38.7 Å². The molecular weight excluding hydrogens is 630 g/mol. The molecule has 5 aromatic rings. The number of hydrogen-bond acceptors (Lipinski definition) is 10. The lowest BCUT2D eigenvalue weighted by Crippen LogP contribution is -2.24. The minimum absolute atomic E-state index is 0.175. The Morgan fingerprint density at radius 3 is 2.17 bits per heavy atom. The number of carbonyl (C=O) groups excluding carboxylic acids is 1. The van der Waals surface area contributed by atoms with E-state index in [2.05, 4.69) is 6.07 Å². The molecule has 0 bridgehead atoms.